The Bertz CT molecular complexity index is 870. The molecule has 0 spiro atoms. The number of carbonyl (C=O) groups is 1. The fourth-order valence-corrected chi connectivity index (χ4v) is 2.85. The summed E-state index contributed by atoms with van der Waals surface area (Å²) in [5.41, 5.74) is 3.96. The van der Waals surface area contributed by atoms with Crippen LogP contribution in [0.1, 0.15) is 35.1 Å². The number of imidazole rings is 1. The zero-order valence-corrected chi connectivity index (χ0v) is 13.9. The number of nitrogens with one attached hydrogen (secondary N) is 1. The minimum absolute atomic E-state index is 0.172. The molecule has 0 atom stereocenters. The second-order valence-electron chi connectivity index (χ2n) is 5.51. The van der Waals surface area contributed by atoms with Gasteiger partial charge in [-0.05, 0) is 43.2 Å². The van der Waals surface area contributed by atoms with E-state index in [1.807, 2.05) is 41.8 Å². The highest BCUT2D eigenvalue weighted by molar-refractivity contribution is 6.30. The Balaban J connectivity index is 2.05. The first-order valence-electron chi connectivity index (χ1n) is 7.63. The molecule has 5 heteroatoms. The van der Waals surface area contributed by atoms with E-state index in [4.69, 9.17) is 11.6 Å². The largest absolute Gasteiger partial charge is 0.321 e. The number of hydrogen-bond acceptors (Lipinski definition) is 2. The Hall–Kier alpha value is -2.33. The molecule has 0 radical (unpaired) electrons. The summed E-state index contributed by atoms with van der Waals surface area (Å²) in [5.74, 6) is -0.172. The lowest BCUT2D eigenvalue weighted by Gasteiger charge is -2.07. The number of carbonyl (C=O) groups excluding carboxylic acids is 1. The number of benzene rings is 1. The summed E-state index contributed by atoms with van der Waals surface area (Å²) < 4.78 is 1.86. The van der Waals surface area contributed by atoms with E-state index in [9.17, 15) is 4.79 Å². The molecule has 0 bridgehead atoms. The highest BCUT2D eigenvalue weighted by Crippen LogP contribution is 2.20. The van der Waals surface area contributed by atoms with Gasteiger partial charge < -0.3 is 5.32 Å². The highest BCUT2D eigenvalue weighted by atomic mass is 35.5. The second-order valence-corrected chi connectivity index (χ2v) is 5.94. The monoisotopic (exact) mass is 327 g/mol. The highest BCUT2D eigenvalue weighted by Gasteiger charge is 2.19. The van der Waals surface area contributed by atoms with Crippen molar-refractivity contribution in [2.45, 2.75) is 26.7 Å². The van der Waals surface area contributed by atoms with E-state index < -0.39 is 0 Å². The molecule has 0 aliphatic carbocycles. The van der Waals surface area contributed by atoms with Gasteiger partial charge in [0.15, 0.2) is 0 Å². The van der Waals surface area contributed by atoms with Crippen LogP contribution in [0.15, 0.2) is 42.6 Å². The van der Waals surface area contributed by atoms with Crippen LogP contribution in [0.5, 0.6) is 0 Å². The number of halogens is 1. The molecule has 23 heavy (non-hydrogen) atoms. The molecule has 1 aromatic carbocycles. The summed E-state index contributed by atoms with van der Waals surface area (Å²) in [5, 5.41) is 3.50. The zero-order chi connectivity index (χ0) is 16.4. The van der Waals surface area contributed by atoms with Crippen LogP contribution in [-0.4, -0.2) is 15.3 Å². The van der Waals surface area contributed by atoms with Crippen molar-refractivity contribution in [3.63, 3.8) is 0 Å². The molecule has 3 rings (SSSR count). The first-order chi connectivity index (χ1) is 11.1. The molecule has 0 saturated carbocycles. The van der Waals surface area contributed by atoms with E-state index in [2.05, 4.69) is 17.2 Å². The van der Waals surface area contributed by atoms with Crippen LogP contribution in [-0.2, 0) is 6.42 Å². The lowest BCUT2D eigenvalue weighted by Crippen LogP contribution is -2.16. The molecular weight excluding hydrogens is 310 g/mol. The van der Waals surface area contributed by atoms with Crippen molar-refractivity contribution in [1.29, 1.82) is 0 Å². The minimum Gasteiger partial charge on any atom is -0.321 e. The number of rotatable bonds is 4. The minimum atomic E-state index is -0.172. The van der Waals surface area contributed by atoms with Crippen LogP contribution in [0, 0.1) is 6.92 Å². The predicted molar refractivity (Wildman–Crippen MR) is 93.3 cm³/mol. The number of anilines is 1. The summed E-state index contributed by atoms with van der Waals surface area (Å²) in [6, 6.07) is 11.1. The molecule has 1 amide bonds. The van der Waals surface area contributed by atoms with Crippen LogP contribution in [0.3, 0.4) is 0 Å². The third-order valence-corrected chi connectivity index (χ3v) is 3.94. The summed E-state index contributed by atoms with van der Waals surface area (Å²) in [6.07, 6.45) is 3.57. The number of nitrogens with zero attached hydrogens (tertiary/aromatic N) is 2. The van der Waals surface area contributed by atoms with Crippen molar-refractivity contribution in [2.75, 3.05) is 5.32 Å². The maximum Gasteiger partial charge on any atom is 0.274 e. The van der Waals surface area contributed by atoms with Gasteiger partial charge in [-0.1, -0.05) is 37.1 Å². The Morgan fingerprint density at radius 2 is 2.13 bits per heavy atom. The molecule has 0 unspecified atom stereocenters. The van der Waals surface area contributed by atoms with Gasteiger partial charge in [0.2, 0.25) is 0 Å². The Morgan fingerprint density at radius 3 is 2.87 bits per heavy atom. The van der Waals surface area contributed by atoms with Crippen molar-refractivity contribution in [2.24, 2.45) is 0 Å². The van der Waals surface area contributed by atoms with Crippen LogP contribution in [0.4, 0.5) is 5.69 Å². The van der Waals surface area contributed by atoms with Crippen LogP contribution in [0.25, 0.3) is 5.65 Å². The maximum atomic E-state index is 12.8. The van der Waals surface area contributed by atoms with Gasteiger partial charge in [0, 0.05) is 16.9 Å². The number of aryl methyl sites for hydroxylation is 2. The average molecular weight is 328 g/mol. The molecular formula is C18H18ClN3O. The number of amides is 1. The molecule has 0 saturated heterocycles. The Labute approximate surface area is 140 Å². The topological polar surface area (TPSA) is 46.4 Å². The van der Waals surface area contributed by atoms with Gasteiger partial charge in [0.1, 0.15) is 11.3 Å². The Kier molecular flexibility index (Phi) is 4.35. The van der Waals surface area contributed by atoms with Gasteiger partial charge in [-0.15, -0.1) is 0 Å². The number of fused-ring (bicyclic) bond motifs is 1. The number of hydrogen-bond donors (Lipinski definition) is 1. The molecule has 2 heterocycles. The zero-order valence-electron chi connectivity index (χ0n) is 13.1. The molecule has 0 aliphatic rings. The molecule has 4 nitrogen and oxygen atoms in total. The van der Waals surface area contributed by atoms with Crippen LogP contribution in [0.2, 0.25) is 5.02 Å². The van der Waals surface area contributed by atoms with E-state index in [0.29, 0.717) is 16.4 Å². The molecule has 118 valence electrons. The average Bonchev–Trinajstić information content (AvgIpc) is 2.87. The van der Waals surface area contributed by atoms with E-state index in [1.54, 1.807) is 12.1 Å². The van der Waals surface area contributed by atoms with Crippen molar-refractivity contribution >= 4 is 28.8 Å². The summed E-state index contributed by atoms with van der Waals surface area (Å²) in [6.45, 7) is 4.08. The van der Waals surface area contributed by atoms with E-state index >= 15 is 0 Å². The van der Waals surface area contributed by atoms with Crippen molar-refractivity contribution < 1.29 is 4.79 Å². The van der Waals surface area contributed by atoms with Crippen LogP contribution >= 0.6 is 11.6 Å². The predicted octanol–water partition coefficient (Wildman–Crippen LogP) is 4.50. The first-order valence-corrected chi connectivity index (χ1v) is 8.01. The second kappa shape index (κ2) is 6.42. The third kappa shape index (κ3) is 3.08. The molecule has 2 aromatic heterocycles. The van der Waals surface area contributed by atoms with Crippen molar-refractivity contribution in [3.05, 3.63) is 64.6 Å². The molecule has 0 fully saturated rings. The quantitative estimate of drug-likeness (QED) is 0.766. The fraction of sp³-hybridized carbons (Fsp3) is 0.222. The van der Waals surface area contributed by atoms with Gasteiger partial charge in [-0.2, -0.15) is 0 Å². The molecule has 3 aromatic rings. The van der Waals surface area contributed by atoms with E-state index in [-0.39, 0.29) is 5.91 Å². The van der Waals surface area contributed by atoms with Gasteiger partial charge in [-0.25, -0.2) is 4.98 Å². The summed E-state index contributed by atoms with van der Waals surface area (Å²) >= 11 is 5.98. The standard InChI is InChI=1S/C18H18ClN3O/c1-3-6-15-16(22-10-5-7-12(2)17(22)21-15)18(23)20-14-9-4-8-13(19)11-14/h4-5,7-11H,3,6H2,1-2H3,(H,20,23). The van der Waals surface area contributed by atoms with E-state index in [0.717, 1.165) is 29.7 Å². The fourth-order valence-electron chi connectivity index (χ4n) is 2.66. The van der Waals surface area contributed by atoms with Gasteiger partial charge in [0.25, 0.3) is 5.91 Å². The normalized spacial score (nSPS) is 10.9. The SMILES string of the molecule is CCCc1nc2c(C)cccn2c1C(=O)Nc1cccc(Cl)c1. The number of aromatic nitrogens is 2. The Morgan fingerprint density at radius 1 is 1.30 bits per heavy atom. The van der Waals surface area contributed by atoms with Crippen molar-refractivity contribution in [1.82, 2.24) is 9.38 Å². The number of pyridine rings is 1. The third-order valence-electron chi connectivity index (χ3n) is 3.70. The summed E-state index contributed by atoms with van der Waals surface area (Å²) in [4.78, 5) is 17.5. The van der Waals surface area contributed by atoms with Gasteiger partial charge >= 0.3 is 0 Å². The van der Waals surface area contributed by atoms with Gasteiger partial charge in [-0.3, -0.25) is 9.20 Å². The summed E-state index contributed by atoms with van der Waals surface area (Å²) in [7, 11) is 0. The lowest BCUT2D eigenvalue weighted by molar-refractivity contribution is 0.102. The smallest absolute Gasteiger partial charge is 0.274 e. The first kappa shape index (κ1) is 15.6. The van der Waals surface area contributed by atoms with E-state index in [1.165, 1.54) is 0 Å². The molecule has 0 aliphatic heterocycles. The van der Waals surface area contributed by atoms with Gasteiger partial charge in [0.05, 0.1) is 5.69 Å². The van der Waals surface area contributed by atoms with Crippen LogP contribution < -0.4 is 5.32 Å². The maximum absolute atomic E-state index is 12.8. The molecule has 1 N–H and O–H groups in total. The van der Waals surface area contributed by atoms with Crippen molar-refractivity contribution in [3.8, 4) is 0 Å². The lowest BCUT2D eigenvalue weighted by atomic mass is 10.2.